The zero-order valence-electron chi connectivity index (χ0n) is 15.0. The monoisotopic (exact) mass is 366 g/mol. The summed E-state index contributed by atoms with van der Waals surface area (Å²) >= 11 is 1.53. The van der Waals surface area contributed by atoms with Crippen LogP contribution in [0, 0.1) is 0 Å². The van der Waals surface area contributed by atoms with Gasteiger partial charge in [-0.15, -0.1) is 11.3 Å². The van der Waals surface area contributed by atoms with Crippen molar-refractivity contribution < 1.29 is 9.53 Å². The molecule has 1 aromatic heterocycles. The predicted octanol–water partition coefficient (Wildman–Crippen LogP) is 4.95. The number of ether oxygens (including phenoxy) is 1. The van der Waals surface area contributed by atoms with E-state index >= 15 is 0 Å². The van der Waals surface area contributed by atoms with E-state index in [1.54, 1.807) is 0 Å². The smallest absolute Gasteiger partial charge is 0.230 e. The molecule has 2 aromatic carbocycles. The van der Waals surface area contributed by atoms with Gasteiger partial charge in [0.2, 0.25) is 5.91 Å². The first kappa shape index (κ1) is 18.1. The van der Waals surface area contributed by atoms with Gasteiger partial charge in [0.25, 0.3) is 0 Å². The maximum Gasteiger partial charge on any atom is 0.230 e. The lowest BCUT2D eigenvalue weighted by molar-refractivity contribution is -0.115. The van der Waals surface area contributed by atoms with Crippen molar-refractivity contribution in [1.29, 1.82) is 0 Å². The third-order valence-electron chi connectivity index (χ3n) is 3.98. The molecule has 5 heteroatoms. The van der Waals surface area contributed by atoms with Gasteiger partial charge in [0.1, 0.15) is 10.8 Å². The maximum absolute atomic E-state index is 12.4. The van der Waals surface area contributed by atoms with E-state index < -0.39 is 0 Å². The van der Waals surface area contributed by atoms with Crippen LogP contribution in [-0.4, -0.2) is 17.5 Å². The molecule has 0 aliphatic rings. The van der Waals surface area contributed by atoms with Crippen LogP contribution < -0.4 is 10.1 Å². The quantitative estimate of drug-likeness (QED) is 0.643. The molecule has 3 aromatic rings. The van der Waals surface area contributed by atoms with Crippen molar-refractivity contribution in [1.82, 2.24) is 4.98 Å². The molecule has 0 bridgehead atoms. The second-order valence-electron chi connectivity index (χ2n) is 5.81. The molecule has 26 heavy (non-hydrogen) atoms. The van der Waals surface area contributed by atoms with Crippen molar-refractivity contribution in [3.05, 3.63) is 65.2 Å². The lowest BCUT2D eigenvalue weighted by atomic mass is 10.1. The molecule has 0 aliphatic heterocycles. The fourth-order valence-corrected chi connectivity index (χ4v) is 3.60. The van der Waals surface area contributed by atoms with Gasteiger partial charge in [-0.2, -0.15) is 0 Å². The zero-order valence-corrected chi connectivity index (χ0v) is 15.8. The second-order valence-corrected chi connectivity index (χ2v) is 6.67. The molecule has 4 nitrogen and oxygen atoms in total. The van der Waals surface area contributed by atoms with E-state index in [1.165, 1.54) is 11.3 Å². The topological polar surface area (TPSA) is 51.2 Å². The van der Waals surface area contributed by atoms with Gasteiger partial charge in [-0.3, -0.25) is 4.79 Å². The van der Waals surface area contributed by atoms with Crippen molar-refractivity contribution in [2.75, 3.05) is 11.9 Å². The number of nitrogens with one attached hydrogen (secondary N) is 1. The van der Waals surface area contributed by atoms with E-state index in [-0.39, 0.29) is 12.3 Å². The number of hydrogen-bond donors (Lipinski definition) is 1. The number of anilines is 1. The van der Waals surface area contributed by atoms with Gasteiger partial charge in [0.05, 0.1) is 24.3 Å². The van der Waals surface area contributed by atoms with Gasteiger partial charge in [0, 0.05) is 11.1 Å². The molecule has 134 valence electrons. The molecule has 0 saturated heterocycles. The van der Waals surface area contributed by atoms with Crippen molar-refractivity contribution >= 4 is 22.9 Å². The standard InChI is InChI=1S/C21H22N2O2S/c1-3-15-9-5-7-11-18(15)23-20(24)13-16-14-26-21(22-16)17-10-6-8-12-19(17)25-4-2/h5-12,14H,3-4,13H2,1-2H3,(H,23,24). The average Bonchev–Trinajstić information content (AvgIpc) is 3.11. The van der Waals surface area contributed by atoms with Gasteiger partial charge >= 0.3 is 0 Å². The highest BCUT2D eigenvalue weighted by Gasteiger charge is 2.13. The molecular weight excluding hydrogens is 344 g/mol. The van der Waals surface area contributed by atoms with Gasteiger partial charge in [0.15, 0.2) is 0 Å². The number of para-hydroxylation sites is 2. The number of benzene rings is 2. The fourth-order valence-electron chi connectivity index (χ4n) is 2.75. The highest BCUT2D eigenvalue weighted by atomic mass is 32.1. The molecule has 0 unspecified atom stereocenters. The van der Waals surface area contributed by atoms with Crippen LogP contribution in [0.1, 0.15) is 25.1 Å². The molecular formula is C21H22N2O2S. The Bertz CT molecular complexity index is 889. The number of thiazole rings is 1. The summed E-state index contributed by atoms with van der Waals surface area (Å²) < 4.78 is 5.67. The number of carbonyl (C=O) groups is 1. The lowest BCUT2D eigenvalue weighted by Gasteiger charge is -2.09. The number of carbonyl (C=O) groups excluding carboxylic acids is 1. The van der Waals surface area contributed by atoms with E-state index in [4.69, 9.17) is 4.74 Å². The molecule has 0 atom stereocenters. The first-order chi connectivity index (χ1) is 12.7. The number of rotatable bonds is 7. The first-order valence-corrected chi connectivity index (χ1v) is 9.63. The SMILES string of the molecule is CCOc1ccccc1-c1nc(CC(=O)Nc2ccccc2CC)cs1. The lowest BCUT2D eigenvalue weighted by Crippen LogP contribution is -2.15. The Labute approximate surface area is 157 Å². The molecule has 1 heterocycles. The summed E-state index contributed by atoms with van der Waals surface area (Å²) in [5, 5.41) is 5.79. The number of hydrogen-bond acceptors (Lipinski definition) is 4. The van der Waals surface area contributed by atoms with Gasteiger partial charge < -0.3 is 10.1 Å². The Morgan fingerprint density at radius 3 is 2.69 bits per heavy atom. The second kappa shape index (κ2) is 8.63. The molecule has 1 N–H and O–H groups in total. The maximum atomic E-state index is 12.4. The largest absolute Gasteiger partial charge is 0.493 e. The van der Waals surface area contributed by atoms with Crippen molar-refractivity contribution in [2.24, 2.45) is 0 Å². The Morgan fingerprint density at radius 1 is 1.12 bits per heavy atom. The molecule has 0 aliphatic carbocycles. The third kappa shape index (κ3) is 4.29. The average molecular weight is 366 g/mol. The molecule has 3 rings (SSSR count). The van der Waals surface area contributed by atoms with Crippen LogP contribution in [0.15, 0.2) is 53.9 Å². The van der Waals surface area contributed by atoms with Crippen LogP contribution in [0.5, 0.6) is 5.75 Å². The summed E-state index contributed by atoms with van der Waals surface area (Å²) in [5.74, 6) is 0.762. The summed E-state index contributed by atoms with van der Waals surface area (Å²) in [6.07, 6.45) is 1.14. The van der Waals surface area contributed by atoms with E-state index in [0.29, 0.717) is 6.61 Å². The molecule has 1 amide bonds. The Kier molecular flexibility index (Phi) is 6.02. The molecule has 0 saturated carbocycles. The predicted molar refractivity (Wildman–Crippen MR) is 107 cm³/mol. The number of aromatic nitrogens is 1. The highest BCUT2D eigenvalue weighted by molar-refractivity contribution is 7.13. The Morgan fingerprint density at radius 2 is 1.88 bits per heavy atom. The summed E-state index contributed by atoms with van der Waals surface area (Å²) in [7, 11) is 0. The first-order valence-electron chi connectivity index (χ1n) is 8.75. The summed E-state index contributed by atoms with van der Waals surface area (Å²) in [6, 6.07) is 15.7. The van der Waals surface area contributed by atoms with Crippen LogP contribution in [0.2, 0.25) is 0 Å². The zero-order chi connectivity index (χ0) is 18.4. The minimum absolute atomic E-state index is 0.0548. The van der Waals surface area contributed by atoms with Crippen LogP contribution in [-0.2, 0) is 17.6 Å². The third-order valence-corrected chi connectivity index (χ3v) is 4.91. The highest BCUT2D eigenvalue weighted by Crippen LogP contribution is 2.32. The van der Waals surface area contributed by atoms with Crippen LogP contribution in [0.3, 0.4) is 0 Å². The van der Waals surface area contributed by atoms with Crippen LogP contribution >= 0.6 is 11.3 Å². The van der Waals surface area contributed by atoms with Crippen molar-refractivity contribution in [3.8, 4) is 16.3 Å². The minimum atomic E-state index is -0.0548. The van der Waals surface area contributed by atoms with E-state index in [1.807, 2.05) is 60.8 Å². The summed E-state index contributed by atoms with van der Waals surface area (Å²) in [5.41, 5.74) is 3.73. The Hall–Kier alpha value is -2.66. The van der Waals surface area contributed by atoms with Gasteiger partial charge in [-0.05, 0) is 37.1 Å². The van der Waals surface area contributed by atoms with Crippen LogP contribution in [0.25, 0.3) is 10.6 Å². The van der Waals surface area contributed by atoms with Crippen LogP contribution in [0.4, 0.5) is 5.69 Å². The fraction of sp³-hybridized carbons (Fsp3) is 0.238. The Balaban J connectivity index is 1.72. The normalized spacial score (nSPS) is 10.5. The molecule has 0 spiro atoms. The number of aryl methyl sites for hydroxylation is 1. The van der Waals surface area contributed by atoms with Crippen molar-refractivity contribution in [3.63, 3.8) is 0 Å². The van der Waals surface area contributed by atoms with E-state index in [9.17, 15) is 4.79 Å². The molecule has 0 radical (unpaired) electrons. The number of amides is 1. The van der Waals surface area contributed by atoms with Crippen molar-refractivity contribution in [2.45, 2.75) is 26.7 Å². The van der Waals surface area contributed by atoms with Gasteiger partial charge in [-0.25, -0.2) is 4.98 Å². The van der Waals surface area contributed by atoms with E-state index in [0.717, 1.165) is 39.7 Å². The summed E-state index contributed by atoms with van der Waals surface area (Å²) in [6.45, 7) is 4.64. The van der Waals surface area contributed by atoms with E-state index in [2.05, 4.69) is 17.2 Å². The molecule has 0 fully saturated rings. The van der Waals surface area contributed by atoms with Gasteiger partial charge in [-0.1, -0.05) is 37.3 Å². The summed E-state index contributed by atoms with van der Waals surface area (Å²) in [4.78, 5) is 17.0. The number of nitrogens with zero attached hydrogens (tertiary/aromatic N) is 1. The minimum Gasteiger partial charge on any atom is -0.493 e.